The molecule has 42 valence electrons. The van der Waals surface area contributed by atoms with Crippen LogP contribution >= 0.6 is 8.81 Å². The van der Waals surface area contributed by atoms with Gasteiger partial charge in [0.1, 0.15) is 6.29 Å². The molecular weight excluding hydrogens is 111 g/mol. The first-order chi connectivity index (χ1) is 3.41. The Labute approximate surface area is 44.8 Å². The van der Waals surface area contributed by atoms with Crippen LogP contribution in [0.1, 0.15) is 12.8 Å². The van der Waals surface area contributed by atoms with Crippen molar-refractivity contribution >= 4 is 15.1 Å². The summed E-state index contributed by atoms with van der Waals surface area (Å²) in [6, 6.07) is 0. The van der Waals surface area contributed by atoms with E-state index in [0.29, 0.717) is 6.42 Å². The van der Waals surface area contributed by atoms with Crippen LogP contribution in [0.3, 0.4) is 0 Å². The van der Waals surface area contributed by atoms with Crippen molar-refractivity contribution in [3.8, 4) is 0 Å². The van der Waals surface area contributed by atoms with Gasteiger partial charge in [0.2, 0.25) is 0 Å². The van der Waals surface area contributed by atoms with Crippen molar-refractivity contribution in [3.63, 3.8) is 0 Å². The molecular formula is C4H9O2P. The van der Waals surface area contributed by atoms with Crippen molar-refractivity contribution in [2.45, 2.75) is 12.8 Å². The Balaban J connectivity index is 2.56. The number of carbonyl (C=O) groups excluding carboxylic acids is 1. The molecule has 0 aliphatic carbocycles. The van der Waals surface area contributed by atoms with E-state index in [4.69, 9.17) is 4.89 Å². The highest BCUT2D eigenvalue weighted by molar-refractivity contribution is 7.31. The molecule has 0 amide bonds. The summed E-state index contributed by atoms with van der Waals surface area (Å²) in [4.78, 5) is 17.8. The van der Waals surface area contributed by atoms with E-state index in [1.54, 1.807) is 0 Å². The average molecular weight is 120 g/mol. The second kappa shape index (κ2) is 6.06. The lowest BCUT2D eigenvalue weighted by Gasteiger charge is -1.85. The Morgan fingerprint density at radius 1 is 1.71 bits per heavy atom. The number of aldehydes is 1. The molecule has 0 bridgehead atoms. The van der Waals surface area contributed by atoms with Gasteiger partial charge in [-0.2, -0.15) is 0 Å². The fraction of sp³-hybridized carbons (Fsp3) is 0.750. The second-order valence-electron chi connectivity index (χ2n) is 1.22. The van der Waals surface area contributed by atoms with Gasteiger partial charge < -0.3 is 9.69 Å². The second-order valence-corrected chi connectivity index (χ2v) is 2.03. The average Bonchev–Trinajstić information content (AvgIpc) is 1.69. The van der Waals surface area contributed by atoms with Gasteiger partial charge in [-0.1, -0.05) is 0 Å². The van der Waals surface area contributed by atoms with Crippen LogP contribution in [0, 0.1) is 0 Å². The van der Waals surface area contributed by atoms with E-state index in [0.717, 1.165) is 18.9 Å². The Hall–Kier alpha value is 0.0600. The van der Waals surface area contributed by atoms with E-state index >= 15 is 0 Å². The first-order valence-electron chi connectivity index (χ1n) is 2.22. The summed E-state index contributed by atoms with van der Waals surface area (Å²) in [5.41, 5.74) is 0. The van der Waals surface area contributed by atoms with Crippen molar-refractivity contribution in [1.82, 2.24) is 0 Å². The summed E-state index contributed by atoms with van der Waals surface area (Å²) in [5.74, 6) is 0. The van der Waals surface area contributed by atoms with Gasteiger partial charge in [0.05, 0.1) is 0 Å². The third-order valence-electron chi connectivity index (χ3n) is 0.611. The molecule has 0 aliphatic rings. The number of hydrogen-bond donors (Lipinski definition) is 1. The summed E-state index contributed by atoms with van der Waals surface area (Å²) in [7, 11) is 0.00873. The lowest BCUT2D eigenvalue weighted by molar-refractivity contribution is -0.107. The van der Waals surface area contributed by atoms with Gasteiger partial charge in [0, 0.05) is 15.2 Å². The molecule has 0 aromatic heterocycles. The van der Waals surface area contributed by atoms with E-state index in [2.05, 4.69) is 0 Å². The minimum absolute atomic E-state index is 0.00873. The van der Waals surface area contributed by atoms with Crippen molar-refractivity contribution in [2.24, 2.45) is 0 Å². The normalized spacial score (nSPS) is 10.4. The lowest BCUT2D eigenvalue weighted by atomic mass is 10.4. The lowest BCUT2D eigenvalue weighted by Crippen LogP contribution is -1.76. The maximum absolute atomic E-state index is 9.60. The molecule has 1 atom stereocenters. The van der Waals surface area contributed by atoms with Crippen molar-refractivity contribution in [1.29, 1.82) is 0 Å². The zero-order valence-electron chi connectivity index (χ0n) is 4.05. The van der Waals surface area contributed by atoms with Gasteiger partial charge in [-0.05, 0) is 12.6 Å². The molecule has 2 nitrogen and oxygen atoms in total. The van der Waals surface area contributed by atoms with Crippen molar-refractivity contribution in [3.05, 3.63) is 0 Å². The van der Waals surface area contributed by atoms with E-state index in [-0.39, 0.29) is 8.81 Å². The number of unbranched alkanes of at least 4 members (excludes halogenated alkanes) is 1. The molecule has 1 N–H and O–H groups in total. The Morgan fingerprint density at radius 2 is 2.43 bits per heavy atom. The van der Waals surface area contributed by atoms with Gasteiger partial charge in [-0.15, -0.1) is 0 Å². The number of rotatable bonds is 4. The molecule has 0 saturated carbocycles. The third kappa shape index (κ3) is 6.06. The summed E-state index contributed by atoms with van der Waals surface area (Å²) in [5, 5.41) is 0. The molecule has 0 saturated heterocycles. The van der Waals surface area contributed by atoms with E-state index < -0.39 is 0 Å². The monoisotopic (exact) mass is 120 g/mol. The SMILES string of the molecule is O=CCCCPO. The quantitative estimate of drug-likeness (QED) is 0.334. The highest BCUT2D eigenvalue weighted by Gasteiger charge is 1.81. The fourth-order valence-corrected chi connectivity index (χ4v) is 0.627. The third-order valence-corrected chi connectivity index (χ3v) is 1.19. The number of hydrogen-bond acceptors (Lipinski definition) is 2. The molecule has 0 radical (unpaired) electrons. The molecule has 0 spiro atoms. The molecule has 0 heterocycles. The van der Waals surface area contributed by atoms with E-state index in [1.807, 2.05) is 0 Å². The van der Waals surface area contributed by atoms with Crippen LogP contribution < -0.4 is 0 Å². The molecule has 0 aromatic rings. The largest absolute Gasteiger partial charge is 0.377 e. The van der Waals surface area contributed by atoms with Crippen molar-refractivity contribution < 1.29 is 9.69 Å². The fourth-order valence-electron chi connectivity index (χ4n) is 0.264. The zero-order chi connectivity index (χ0) is 5.54. The standard InChI is InChI=1S/C4H9O2P/c5-3-1-2-4-7-6/h3,6-7H,1-2,4H2. The van der Waals surface area contributed by atoms with E-state index in [9.17, 15) is 4.79 Å². The predicted octanol–water partition coefficient (Wildman–Crippen LogP) is 0.551. The molecule has 1 unspecified atom stereocenters. The van der Waals surface area contributed by atoms with Crippen LogP contribution in [0.4, 0.5) is 0 Å². The minimum Gasteiger partial charge on any atom is -0.377 e. The van der Waals surface area contributed by atoms with Crippen molar-refractivity contribution in [2.75, 3.05) is 6.16 Å². The van der Waals surface area contributed by atoms with Gasteiger partial charge >= 0.3 is 0 Å². The molecule has 0 fully saturated rings. The summed E-state index contributed by atoms with van der Waals surface area (Å²) in [6.07, 6.45) is 3.07. The molecule has 7 heavy (non-hydrogen) atoms. The van der Waals surface area contributed by atoms with Gasteiger partial charge in [0.15, 0.2) is 0 Å². The molecule has 0 aliphatic heterocycles. The highest BCUT2D eigenvalue weighted by atomic mass is 31.1. The first-order valence-corrected chi connectivity index (χ1v) is 3.38. The summed E-state index contributed by atoms with van der Waals surface area (Å²) in [6.45, 7) is 0. The van der Waals surface area contributed by atoms with Crippen LogP contribution in [0.25, 0.3) is 0 Å². The Morgan fingerprint density at radius 3 is 2.86 bits per heavy atom. The number of carbonyl (C=O) groups is 1. The van der Waals surface area contributed by atoms with Gasteiger partial charge in [-0.25, -0.2) is 0 Å². The summed E-state index contributed by atoms with van der Waals surface area (Å²) >= 11 is 0. The van der Waals surface area contributed by atoms with Crippen LogP contribution in [0.5, 0.6) is 0 Å². The maximum Gasteiger partial charge on any atom is 0.120 e. The van der Waals surface area contributed by atoms with Crippen LogP contribution in [-0.2, 0) is 4.79 Å². The first kappa shape index (κ1) is 7.06. The van der Waals surface area contributed by atoms with E-state index in [1.165, 1.54) is 0 Å². The minimum atomic E-state index is 0.00873. The molecule has 0 aromatic carbocycles. The van der Waals surface area contributed by atoms with Crippen LogP contribution in [0.2, 0.25) is 0 Å². The maximum atomic E-state index is 9.60. The highest BCUT2D eigenvalue weighted by Crippen LogP contribution is 2.03. The Kier molecular flexibility index (Phi) is 6.11. The van der Waals surface area contributed by atoms with Crippen LogP contribution in [0.15, 0.2) is 0 Å². The molecule has 3 heteroatoms. The summed E-state index contributed by atoms with van der Waals surface area (Å²) < 4.78 is 0. The zero-order valence-corrected chi connectivity index (χ0v) is 5.05. The predicted molar refractivity (Wildman–Crippen MR) is 30.7 cm³/mol. The van der Waals surface area contributed by atoms with Gasteiger partial charge in [0.25, 0.3) is 0 Å². The smallest absolute Gasteiger partial charge is 0.120 e. The Bertz CT molecular complexity index is 47.0. The topological polar surface area (TPSA) is 37.3 Å². The molecule has 0 rings (SSSR count). The van der Waals surface area contributed by atoms with Crippen LogP contribution in [-0.4, -0.2) is 17.3 Å². The van der Waals surface area contributed by atoms with Gasteiger partial charge in [-0.3, -0.25) is 0 Å².